The van der Waals surface area contributed by atoms with Crippen LogP contribution in [0.1, 0.15) is 16.2 Å². The van der Waals surface area contributed by atoms with Crippen molar-refractivity contribution >= 4 is 22.4 Å². The molecule has 4 aromatic rings. The molecule has 0 atom stereocenters. The van der Waals surface area contributed by atoms with Crippen LogP contribution in [0.2, 0.25) is 0 Å². The van der Waals surface area contributed by atoms with Crippen LogP contribution in [0, 0.1) is 6.92 Å². The summed E-state index contributed by atoms with van der Waals surface area (Å²) >= 11 is 0. The van der Waals surface area contributed by atoms with E-state index < -0.39 is 0 Å². The van der Waals surface area contributed by atoms with Crippen molar-refractivity contribution in [1.82, 2.24) is 10.1 Å². The maximum absolute atomic E-state index is 12.7. The smallest absolute Gasteiger partial charge is 0.260 e. The molecule has 0 saturated carbocycles. The Labute approximate surface area is 144 Å². The summed E-state index contributed by atoms with van der Waals surface area (Å²) in [6.45, 7) is 1.75. The minimum Gasteiger partial charge on any atom is -0.334 e. The van der Waals surface area contributed by atoms with Gasteiger partial charge in [0, 0.05) is 5.56 Å². The Morgan fingerprint density at radius 1 is 0.960 bits per heavy atom. The van der Waals surface area contributed by atoms with Crippen molar-refractivity contribution in [2.24, 2.45) is 0 Å². The third-order valence-electron chi connectivity index (χ3n) is 3.94. The fourth-order valence-corrected chi connectivity index (χ4v) is 2.71. The molecule has 0 aliphatic carbocycles. The lowest BCUT2D eigenvalue weighted by Crippen LogP contribution is -2.12. The second-order valence-corrected chi connectivity index (χ2v) is 5.71. The number of hydrogen-bond donors (Lipinski definition) is 1. The number of carbonyl (C=O) groups is 1. The minimum absolute atomic E-state index is 0.186. The number of hydrogen-bond acceptors (Lipinski definition) is 4. The van der Waals surface area contributed by atoms with Gasteiger partial charge in [0.15, 0.2) is 5.82 Å². The molecule has 4 rings (SSSR count). The maximum Gasteiger partial charge on any atom is 0.260 e. The highest BCUT2D eigenvalue weighted by molar-refractivity contribution is 6.07. The first-order chi connectivity index (χ1) is 12.2. The Morgan fingerprint density at radius 2 is 1.72 bits per heavy atom. The Kier molecular flexibility index (Phi) is 3.74. The highest BCUT2D eigenvalue weighted by Crippen LogP contribution is 2.27. The first kappa shape index (κ1) is 15.1. The molecule has 1 heterocycles. The van der Waals surface area contributed by atoms with E-state index >= 15 is 0 Å². The first-order valence-corrected chi connectivity index (χ1v) is 7.90. The van der Waals surface area contributed by atoms with E-state index in [2.05, 4.69) is 15.5 Å². The molecule has 5 nitrogen and oxygen atoms in total. The third-order valence-corrected chi connectivity index (χ3v) is 3.94. The maximum atomic E-state index is 12.7. The second-order valence-electron chi connectivity index (χ2n) is 5.71. The van der Waals surface area contributed by atoms with E-state index in [1.807, 2.05) is 66.7 Å². The molecule has 1 amide bonds. The van der Waals surface area contributed by atoms with Crippen LogP contribution in [0.5, 0.6) is 0 Å². The molecule has 0 aliphatic heterocycles. The molecule has 3 aromatic carbocycles. The highest BCUT2D eigenvalue weighted by atomic mass is 16.5. The molecule has 0 aliphatic rings. The zero-order valence-electron chi connectivity index (χ0n) is 13.6. The molecule has 25 heavy (non-hydrogen) atoms. The van der Waals surface area contributed by atoms with Gasteiger partial charge in [-0.05, 0) is 42.0 Å². The average molecular weight is 329 g/mol. The summed E-state index contributed by atoms with van der Waals surface area (Å²) in [6, 6.07) is 20.9. The van der Waals surface area contributed by atoms with Gasteiger partial charge in [0.1, 0.15) is 0 Å². The fraction of sp³-hybridized carbons (Fsp3) is 0.0500. The number of nitrogens with one attached hydrogen (secondary N) is 1. The van der Waals surface area contributed by atoms with Crippen molar-refractivity contribution in [2.45, 2.75) is 6.92 Å². The van der Waals surface area contributed by atoms with E-state index in [-0.39, 0.29) is 5.91 Å². The number of amides is 1. The molecule has 122 valence electrons. The SMILES string of the molecule is Cc1noc(-c2ccccc2NC(=O)c2ccc3ccccc3c2)n1. The Bertz CT molecular complexity index is 1070. The predicted octanol–water partition coefficient (Wildman–Crippen LogP) is 4.45. The number of para-hydroxylation sites is 1. The van der Waals surface area contributed by atoms with Gasteiger partial charge in [-0.3, -0.25) is 4.79 Å². The number of aromatic nitrogens is 2. The standard InChI is InChI=1S/C20H15N3O2/c1-13-21-20(25-23-13)17-8-4-5-9-18(17)22-19(24)16-11-10-14-6-2-3-7-15(14)12-16/h2-12H,1H3,(H,22,24). The van der Waals surface area contributed by atoms with E-state index in [4.69, 9.17) is 4.52 Å². The minimum atomic E-state index is -0.186. The summed E-state index contributed by atoms with van der Waals surface area (Å²) in [6.07, 6.45) is 0. The zero-order valence-corrected chi connectivity index (χ0v) is 13.6. The van der Waals surface area contributed by atoms with Crippen LogP contribution < -0.4 is 5.32 Å². The molecule has 0 unspecified atom stereocenters. The van der Waals surface area contributed by atoms with Crippen molar-refractivity contribution in [3.05, 3.63) is 78.1 Å². The van der Waals surface area contributed by atoms with Gasteiger partial charge in [0.05, 0.1) is 11.3 Å². The van der Waals surface area contributed by atoms with E-state index in [0.29, 0.717) is 28.5 Å². The van der Waals surface area contributed by atoms with Crippen molar-refractivity contribution in [3.63, 3.8) is 0 Å². The molecule has 0 fully saturated rings. The molecule has 1 aromatic heterocycles. The Morgan fingerprint density at radius 3 is 2.52 bits per heavy atom. The van der Waals surface area contributed by atoms with Gasteiger partial charge in [-0.2, -0.15) is 4.98 Å². The largest absolute Gasteiger partial charge is 0.334 e. The van der Waals surface area contributed by atoms with Crippen LogP contribution in [0.4, 0.5) is 5.69 Å². The number of fused-ring (bicyclic) bond motifs is 1. The lowest BCUT2D eigenvalue weighted by Gasteiger charge is -2.09. The van der Waals surface area contributed by atoms with Crippen molar-refractivity contribution in [1.29, 1.82) is 0 Å². The summed E-state index contributed by atoms with van der Waals surface area (Å²) in [7, 11) is 0. The number of carbonyl (C=O) groups excluding carboxylic acids is 1. The second kappa shape index (κ2) is 6.20. The van der Waals surface area contributed by atoms with Crippen molar-refractivity contribution < 1.29 is 9.32 Å². The van der Waals surface area contributed by atoms with Gasteiger partial charge in [-0.1, -0.05) is 47.6 Å². The number of benzene rings is 3. The van der Waals surface area contributed by atoms with E-state index in [1.54, 1.807) is 6.92 Å². The number of anilines is 1. The molecular weight excluding hydrogens is 314 g/mol. The van der Waals surface area contributed by atoms with Gasteiger partial charge in [0.2, 0.25) is 0 Å². The van der Waals surface area contributed by atoms with Gasteiger partial charge in [-0.25, -0.2) is 0 Å². The van der Waals surface area contributed by atoms with Crippen LogP contribution in [-0.4, -0.2) is 16.0 Å². The van der Waals surface area contributed by atoms with Crippen LogP contribution in [-0.2, 0) is 0 Å². The monoisotopic (exact) mass is 329 g/mol. The summed E-state index contributed by atoms with van der Waals surface area (Å²) in [5.41, 5.74) is 1.91. The van der Waals surface area contributed by atoms with E-state index in [0.717, 1.165) is 10.8 Å². The number of rotatable bonds is 3. The summed E-state index contributed by atoms with van der Waals surface area (Å²) in [5.74, 6) is 0.743. The molecule has 1 N–H and O–H groups in total. The van der Waals surface area contributed by atoms with Crippen LogP contribution >= 0.6 is 0 Å². The molecule has 0 bridgehead atoms. The number of nitrogens with zero attached hydrogens (tertiary/aromatic N) is 2. The molecular formula is C20H15N3O2. The first-order valence-electron chi connectivity index (χ1n) is 7.90. The van der Waals surface area contributed by atoms with Gasteiger partial charge in [-0.15, -0.1) is 0 Å². The fourth-order valence-electron chi connectivity index (χ4n) is 2.71. The third kappa shape index (κ3) is 2.99. The van der Waals surface area contributed by atoms with Crippen molar-refractivity contribution in [3.8, 4) is 11.5 Å². The lowest BCUT2D eigenvalue weighted by atomic mass is 10.1. The average Bonchev–Trinajstić information content (AvgIpc) is 3.08. The van der Waals surface area contributed by atoms with Crippen molar-refractivity contribution in [2.75, 3.05) is 5.32 Å². The van der Waals surface area contributed by atoms with Gasteiger partial charge < -0.3 is 9.84 Å². The normalized spacial score (nSPS) is 10.8. The Balaban J connectivity index is 1.66. The highest BCUT2D eigenvalue weighted by Gasteiger charge is 2.14. The molecule has 5 heteroatoms. The van der Waals surface area contributed by atoms with Crippen LogP contribution in [0.3, 0.4) is 0 Å². The number of aryl methyl sites for hydroxylation is 1. The predicted molar refractivity (Wildman–Crippen MR) is 96.4 cm³/mol. The molecule has 0 radical (unpaired) electrons. The quantitative estimate of drug-likeness (QED) is 0.603. The van der Waals surface area contributed by atoms with Crippen LogP contribution in [0.15, 0.2) is 71.3 Å². The van der Waals surface area contributed by atoms with Gasteiger partial charge in [0.25, 0.3) is 11.8 Å². The van der Waals surface area contributed by atoms with Crippen LogP contribution in [0.25, 0.3) is 22.2 Å². The molecule has 0 spiro atoms. The van der Waals surface area contributed by atoms with E-state index in [9.17, 15) is 4.79 Å². The lowest BCUT2D eigenvalue weighted by molar-refractivity contribution is 0.102. The topological polar surface area (TPSA) is 68.0 Å². The van der Waals surface area contributed by atoms with E-state index in [1.165, 1.54) is 0 Å². The summed E-state index contributed by atoms with van der Waals surface area (Å²) in [5, 5.41) is 8.86. The Hall–Kier alpha value is -3.47. The summed E-state index contributed by atoms with van der Waals surface area (Å²) < 4.78 is 5.22. The van der Waals surface area contributed by atoms with Gasteiger partial charge >= 0.3 is 0 Å². The summed E-state index contributed by atoms with van der Waals surface area (Å²) in [4.78, 5) is 16.9. The zero-order chi connectivity index (χ0) is 17.2. The molecule has 0 saturated heterocycles.